The van der Waals surface area contributed by atoms with E-state index in [2.05, 4.69) is 0 Å². The number of carbonyl (C=O) groups excluding carboxylic acids is 1. The molecule has 1 saturated carbocycles. The molecule has 1 fully saturated rings. The van der Waals surface area contributed by atoms with Crippen LogP contribution in [0.5, 0.6) is 0 Å². The number of hydrogen-bond donors (Lipinski definition) is 0. The van der Waals surface area contributed by atoms with Crippen molar-refractivity contribution in [3.05, 3.63) is 58.7 Å². The molecule has 0 N–H and O–H groups in total. The molecule has 1 aliphatic carbocycles. The molecule has 0 unspecified atom stereocenters. The minimum absolute atomic E-state index is 0.0447. The Bertz CT molecular complexity index is 831. The van der Waals surface area contributed by atoms with Crippen molar-refractivity contribution in [2.45, 2.75) is 52.0 Å². The predicted octanol–water partition coefficient (Wildman–Crippen LogP) is 4.73. The van der Waals surface area contributed by atoms with Gasteiger partial charge in [0.05, 0.1) is 0 Å². The normalized spacial score (nSPS) is 15.0. The fourth-order valence-electron chi connectivity index (χ4n) is 3.72. The van der Waals surface area contributed by atoms with Gasteiger partial charge in [-0.3, -0.25) is 0 Å². The molecule has 0 saturated heterocycles. The fourth-order valence-corrected chi connectivity index (χ4v) is 4.05. The van der Waals surface area contributed by atoms with Crippen molar-refractivity contribution in [3.63, 3.8) is 0 Å². The van der Waals surface area contributed by atoms with Crippen LogP contribution >= 0.6 is 0 Å². The second-order valence-corrected chi connectivity index (χ2v) is 7.82. The van der Waals surface area contributed by atoms with Gasteiger partial charge in [0.25, 0.3) is 0 Å². The Kier molecular flexibility index (Phi) is 5.94. The Morgan fingerprint density at radius 1 is 1.08 bits per heavy atom. The third-order valence-corrected chi connectivity index (χ3v) is 5.82. The Morgan fingerprint density at radius 2 is 1.77 bits per heavy atom. The second-order valence-electron chi connectivity index (χ2n) is 7.04. The number of hydrogen-bond acceptors (Lipinski definition) is 1. The maximum absolute atomic E-state index is 14.9. The van der Waals surface area contributed by atoms with Gasteiger partial charge in [0.1, 0.15) is 0 Å². The first-order chi connectivity index (χ1) is 12.4. The van der Waals surface area contributed by atoms with E-state index in [9.17, 15) is 13.6 Å². The molecule has 0 aliphatic heterocycles. The van der Waals surface area contributed by atoms with Crippen LogP contribution in [0.4, 0.5) is 14.5 Å². The molecule has 0 atom stereocenters. The molecular formula is C21H22F2NOTi. The molecule has 3 rings (SSSR count). The van der Waals surface area contributed by atoms with Gasteiger partial charge in [0.15, 0.2) is 0 Å². The summed E-state index contributed by atoms with van der Waals surface area (Å²) in [7, 11) is 0. The van der Waals surface area contributed by atoms with Crippen LogP contribution < -0.4 is 8.77 Å². The number of carbonyl (C=O) groups is 1. The molecule has 1 aliphatic rings. The molecule has 0 radical (unpaired) electrons. The molecule has 1 amide bonds. The van der Waals surface area contributed by atoms with E-state index in [0.29, 0.717) is 5.56 Å². The van der Waals surface area contributed by atoms with Gasteiger partial charge in [-0.15, -0.1) is 0 Å². The summed E-state index contributed by atoms with van der Waals surface area (Å²) in [5.41, 5.74) is 2.70. The van der Waals surface area contributed by atoms with Crippen molar-refractivity contribution in [2.24, 2.45) is 0 Å². The van der Waals surface area contributed by atoms with Gasteiger partial charge in [-0.2, -0.15) is 0 Å². The summed E-state index contributed by atoms with van der Waals surface area (Å²) < 4.78 is 28.6. The molecular weight excluding hydrogens is 368 g/mol. The van der Waals surface area contributed by atoms with Crippen LogP contribution in [0.1, 0.15) is 53.6 Å². The van der Waals surface area contributed by atoms with E-state index in [1.807, 2.05) is 26.0 Å². The first kappa shape index (κ1) is 19.3. The molecule has 0 spiro atoms. The minimum atomic E-state index is -0.645. The average Bonchev–Trinajstić information content (AvgIpc) is 2.62. The summed E-state index contributed by atoms with van der Waals surface area (Å²) in [5, 5.41) is 0. The molecule has 2 aromatic carbocycles. The van der Waals surface area contributed by atoms with Crippen molar-refractivity contribution in [2.75, 3.05) is 4.90 Å². The van der Waals surface area contributed by atoms with Crippen LogP contribution in [-0.2, 0) is 20.4 Å². The van der Waals surface area contributed by atoms with Gasteiger partial charge < -0.3 is 0 Å². The van der Waals surface area contributed by atoms with E-state index in [0.717, 1.165) is 43.2 Å². The van der Waals surface area contributed by atoms with Crippen LogP contribution in [0.2, 0.25) is 0 Å². The molecule has 5 heteroatoms. The molecule has 0 bridgehead atoms. The zero-order valence-electron chi connectivity index (χ0n) is 15.1. The Hall–Kier alpha value is -1.52. The standard InChI is InChI=1S/C21H22F2NO.Ti/c1-14-8-10-18(15(2)12-14)21(25)24(17-6-4-3-5-7-17)20-11-9-16(22)13-19(20)23;/h8-12,17H,3-7H2,1-2H3;. The van der Waals surface area contributed by atoms with Crippen molar-refractivity contribution in [1.82, 2.24) is 0 Å². The van der Waals surface area contributed by atoms with Crippen LogP contribution in [-0.4, -0.2) is 11.9 Å². The Morgan fingerprint density at radius 3 is 2.42 bits per heavy atom. The van der Waals surface area contributed by atoms with E-state index in [-0.39, 0.29) is 21.5 Å². The van der Waals surface area contributed by atoms with E-state index in [4.69, 9.17) is 0 Å². The molecule has 2 aromatic rings. The molecule has 26 heavy (non-hydrogen) atoms. The first-order valence-corrected chi connectivity index (χ1v) is 9.78. The number of benzene rings is 2. The quantitative estimate of drug-likeness (QED) is 0.694. The number of amides is 1. The van der Waals surface area contributed by atoms with E-state index in [1.165, 1.54) is 32.6 Å². The van der Waals surface area contributed by atoms with Crippen LogP contribution in [0.3, 0.4) is 0 Å². The average molecular weight is 390 g/mol. The van der Waals surface area contributed by atoms with Crippen molar-refractivity contribution < 1.29 is 34.0 Å². The topological polar surface area (TPSA) is 20.3 Å². The number of halogens is 2. The second kappa shape index (κ2) is 8.02. The van der Waals surface area contributed by atoms with Gasteiger partial charge in [-0.1, -0.05) is 0 Å². The summed E-state index contributed by atoms with van der Waals surface area (Å²) in [6, 6.07) is 8.24. The molecule has 135 valence electrons. The summed E-state index contributed by atoms with van der Waals surface area (Å²) in [6.45, 7) is 3.87. The van der Waals surface area contributed by atoms with Crippen molar-refractivity contribution in [3.8, 4) is 0 Å². The molecule has 0 heterocycles. The monoisotopic (exact) mass is 390 g/mol. The van der Waals surface area contributed by atoms with E-state index in [1.54, 1.807) is 11.0 Å². The summed E-state index contributed by atoms with van der Waals surface area (Å²) in [6.07, 6.45) is 4.85. The summed E-state index contributed by atoms with van der Waals surface area (Å²) in [4.78, 5) is 15.0. The Balaban J connectivity index is 2.09. The fraction of sp³-hybridized carbons (Fsp3) is 0.381. The van der Waals surface area contributed by atoms with Crippen LogP contribution in [0.15, 0.2) is 30.3 Å². The number of anilines is 1. The van der Waals surface area contributed by atoms with Crippen LogP contribution in [0.25, 0.3) is 0 Å². The molecule has 0 aromatic heterocycles. The van der Waals surface area contributed by atoms with Crippen molar-refractivity contribution in [1.29, 1.82) is 0 Å². The Labute approximate surface area is 165 Å². The van der Waals surface area contributed by atoms with Crippen molar-refractivity contribution >= 4 is 15.5 Å². The number of nitrogens with zero attached hydrogens (tertiary/aromatic N) is 1. The summed E-state index contributed by atoms with van der Waals surface area (Å²) in [5.74, 6) is -1.44. The number of rotatable bonds is 3. The van der Waals surface area contributed by atoms with Gasteiger partial charge >= 0.3 is 165 Å². The SMILES string of the molecule is Cc1ccc(C(=O)N(c2ccc(F)[c]([Ti])c2F)C2CCCCC2)c(C)c1. The zero-order chi connectivity index (χ0) is 18.8. The maximum atomic E-state index is 14.9. The third kappa shape index (κ3) is 3.77. The first-order valence-electron chi connectivity index (χ1n) is 9.00. The van der Waals surface area contributed by atoms with Gasteiger partial charge in [-0.05, 0) is 0 Å². The summed E-state index contributed by atoms with van der Waals surface area (Å²) >= 11 is 1.41. The van der Waals surface area contributed by atoms with E-state index < -0.39 is 11.6 Å². The number of aryl methyl sites for hydroxylation is 2. The van der Waals surface area contributed by atoms with Crippen LogP contribution in [0, 0.1) is 25.5 Å². The zero-order valence-corrected chi connectivity index (χ0v) is 16.7. The van der Waals surface area contributed by atoms with Gasteiger partial charge in [-0.25, -0.2) is 0 Å². The molecule has 2 nitrogen and oxygen atoms in total. The van der Waals surface area contributed by atoms with E-state index >= 15 is 0 Å². The third-order valence-electron chi connectivity index (χ3n) is 5.10. The van der Waals surface area contributed by atoms with Gasteiger partial charge in [0, 0.05) is 0 Å². The predicted molar refractivity (Wildman–Crippen MR) is 95.6 cm³/mol. The van der Waals surface area contributed by atoms with Gasteiger partial charge in [0.2, 0.25) is 0 Å².